The van der Waals surface area contributed by atoms with Crippen molar-refractivity contribution in [1.29, 1.82) is 0 Å². The van der Waals surface area contributed by atoms with Crippen LogP contribution in [0.5, 0.6) is 0 Å². The maximum Gasteiger partial charge on any atom is 0.249 e. The second-order valence-electron chi connectivity index (χ2n) is 5.42. The number of nitrogens with zero attached hydrogens (tertiary/aromatic N) is 3. The molecule has 0 aliphatic rings. The third-order valence-electron chi connectivity index (χ3n) is 3.24. The highest BCUT2D eigenvalue weighted by molar-refractivity contribution is 8.01. The Hall–Kier alpha value is -1.72. The van der Waals surface area contributed by atoms with E-state index in [1.807, 2.05) is 6.92 Å². The van der Waals surface area contributed by atoms with E-state index < -0.39 is 27.8 Å². The first-order chi connectivity index (χ1) is 12.2. The number of benzene rings is 1. The lowest BCUT2D eigenvalue weighted by Crippen LogP contribution is -2.45. The molecule has 1 atom stereocenters. The number of sulfonamides is 1. The van der Waals surface area contributed by atoms with Crippen molar-refractivity contribution in [2.24, 2.45) is 0 Å². The number of hydrogen-bond donors (Lipinski definition) is 1. The van der Waals surface area contributed by atoms with Gasteiger partial charge < -0.3 is 0 Å². The molecule has 0 radical (unpaired) electrons. The van der Waals surface area contributed by atoms with Crippen LogP contribution in [0.25, 0.3) is 0 Å². The molecule has 0 bridgehead atoms. The smallest absolute Gasteiger partial charge is 0.249 e. The van der Waals surface area contributed by atoms with E-state index >= 15 is 0 Å². The SMILES string of the molecule is CCCSc1nnc(NC(=O)[C@@H](C)N(c2ccc(F)cc2)S(C)(=O)=O)s1. The lowest BCUT2D eigenvalue weighted by Gasteiger charge is -2.27. The standard InChI is InChI=1S/C15H19FN4O3S3/c1-4-9-24-15-19-18-14(25-15)17-13(21)10(2)20(26(3,22)23)12-7-5-11(16)6-8-12/h5-8,10H,4,9H2,1-3H3,(H,17,18,21)/t10-/m1/s1. The molecule has 1 aromatic heterocycles. The summed E-state index contributed by atoms with van der Waals surface area (Å²) in [7, 11) is -3.76. The van der Waals surface area contributed by atoms with Gasteiger partial charge in [-0.2, -0.15) is 0 Å². The van der Waals surface area contributed by atoms with E-state index in [0.29, 0.717) is 5.13 Å². The second-order valence-corrected chi connectivity index (χ2v) is 9.60. The minimum absolute atomic E-state index is 0.202. The molecule has 0 fully saturated rings. The lowest BCUT2D eigenvalue weighted by atomic mass is 10.2. The van der Waals surface area contributed by atoms with Crippen molar-refractivity contribution in [3.05, 3.63) is 30.1 Å². The number of halogens is 1. The van der Waals surface area contributed by atoms with Gasteiger partial charge in [-0.3, -0.25) is 14.4 Å². The summed E-state index contributed by atoms with van der Waals surface area (Å²) in [6.07, 6.45) is 1.98. The summed E-state index contributed by atoms with van der Waals surface area (Å²) in [5.41, 5.74) is 0.202. The Morgan fingerprint density at radius 2 is 2.00 bits per heavy atom. The van der Waals surface area contributed by atoms with Gasteiger partial charge in [0, 0.05) is 5.75 Å². The van der Waals surface area contributed by atoms with E-state index in [9.17, 15) is 17.6 Å². The molecular weight excluding hydrogens is 399 g/mol. The molecule has 1 aromatic carbocycles. The van der Waals surface area contributed by atoms with Crippen LogP contribution in [0.3, 0.4) is 0 Å². The van der Waals surface area contributed by atoms with Crippen molar-refractivity contribution in [3.8, 4) is 0 Å². The number of hydrogen-bond acceptors (Lipinski definition) is 7. The van der Waals surface area contributed by atoms with Gasteiger partial charge in [-0.05, 0) is 37.6 Å². The molecular formula is C15H19FN4O3S3. The topological polar surface area (TPSA) is 92.3 Å². The second kappa shape index (κ2) is 8.78. The monoisotopic (exact) mass is 418 g/mol. The Morgan fingerprint density at radius 1 is 1.35 bits per heavy atom. The van der Waals surface area contributed by atoms with Gasteiger partial charge in [0.1, 0.15) is 11.9 Å². The molecule has 0 spiro atoms. The van der Waals surface area contributed by atoms with Gasteiger partial charge in [0.05, 0.1) is 11.9 Å². The number of amides is 1. The first-order valence-corrected chi connectivity index (χ1v) is 11.4. The van der Waals surface area contributed by atoms with Crippen molar-refractivity contribution in [1.82, 2.24) is 10.2 Å². The van der Waals surface area contributed by atoms with Crippen LogP contribution < -0.4 is 9.62 Å². The molecule has 11 heteroatoms. The summed E-state index contributed by atoms with van der Waals surface area (Å²) in [6.45, 7) is 3.50. The van der Waals surface area contributed by atoms with Gasteiger partial charge in [-0.15, -0.1) is 10.2 Å². The molecule has 2 rings (SSSR count). The van der Waals surface area contributed by atoms with Crippen LogP contribution in [0.15, 0.2) is 28.6 Å². The fourth-order valence-corrected chi connectivity index (χ4v) is 4.97. The highest BCUT2D eigenvalue weighted by atomic mass is 32.2. The third-order valence-corrected chi connectivity index (χ3v) is 6.66. The molecule has 1 N–H and O–H groups in total. The van der Waals surface area contributed by atoms with E-state index in [1.165, 1.54) is 42.2 Å². The largest absolute Gasteiger partial charge is 0.299 e. The Labute approximate surface area is 160 Å². The van der Waals surface area contributed by atoms with E-state index in [4.69, 9.17) is 0 Å². The minimum Gasteiger partial charge on any atom is -0.299 e. The van der Waals surface area contributed by atoms with Gasteiger partial charge in [-0.25, -0.2) is 12.8 Å². The molecule has 7 nitrogen and oxygen atoms in total. The third kappa shape index (κ3) is 5.39. The fourth-order valence-electron chi connectivity index (χ4n) is 2.11. The maximum atomic E-state index is 13.1. The molecule has 142 valence electrons. The summed E-state index contributed by atoms with van der Waals surface area (Å²) < 4.78 is 39.1. The summed E-state index contributed by atoms with van der Waals surface area (Å²) >= 11 is 2.76. The number of thioether (sulfide) groups is 1. The summed E-state index contributed by atoms with van der Waals surface area (Å²) in [6, 6.07) is 3.85. The van der Waals surface area contributed by atoms with Crippen molar-refractivity contribution in [3.63, 3.8) is 0 Å². The van der Waals surface area contributed by atoms with Gasteiger partial charge >= 0.3 is 0 Å². The van der Waals surface area contributed by atoms with Gasteiger partial charge in [-0.1, -0.05) is 30.0 Å². The molecule has 0 aliphatic carbocycles. The van der Waals surface area contributed by atoms with E-state index in [-0.39, 0.29) is 5.69 Å². The molecule has 26 heavy (non-hydrogen) atoms. The molecule has 0 saturated heterocycles. The predicted octanol–water partition coefficient (Wildman–Crippen LogP) is 2.97. The van der Waals surface area contributed by atoms with Crippen molar-refractivity contribution >= 4 is 49.8 Å². The summed E-state index contributed by atoms with van der Waals surface area (Å²) in [4.78, 5) is 12.5. The number of aromatic nitrogens is 2. The van der Waals surface area contributed by atoms with Crippen LogP contribution in [0, 0.1) is 5.82 Å². The molecule has 0 saturated carbocycles. The van der Waals surface area contributed by atoms with Crippen LogP contribution in [0.1, 0.15) is 20.3 Å². The van der Waals surface area contributed by atoms with Gasteiger partial charge in [0.25, 0.3) is 0 Å². The fraction of sp³-hybridized carbons (Fsp3) is 0.400. The van der Waals surface area contributed by atoms with Crippen LogP contribution in [-0.4, -0.2) is 42.6 Å². The Bertz CT molecular complexity index is 855. The van der Waals surface area contributed by atoms with Crippen LogP contribution in [0.2, 0.25) is 0 Å². The maximum absolute atomic E-state index is 13.1. The number of carbonyl (C=O) groups is 1. The predicted molar refractivity (Wildman–Crippen MR) is 103 cm³/mol. The van der Waals surface area contributed by atoms with Crippen molar-refractivity contribution < 1.29 is 17.6 Å². The minimum atomic E-state index is -3.76. The molecule has 1 amide bonds. The zero-order chi connectivity index (χ0) is 19.3. The van der Waals surface area contributed by atoms with Crippen LogP contribution in [-0.2, 0) is 14.8 Å². The molecule has 0 unspecified atom stereocenters. The number of nitrogens with one attached hydrogen (secondary N) is 1. The highest BCUT2D eigenvalue weighted by Gasteiger charge is 2.29. The van der Waals surface area contributed by atoms with Gasteiger partial charge in [0.2, 0.25) is 21.1 Å². The van der Waals surface area contributed by atoms with Crippen molar-refractivity contribution in [2.75, 3.05) is 21.6 Å². The highest BCUT2D eigenvalue weighted by Crippen LogP contribution is 2.27. The quantitative estimate of drug-likeness (QED) is 0.523. The van der Waals surface area contributed by atoms with E-state index in [2.05, 4.69) is 15.5 Å². The Kier molecular flexibility index (Phi) is 6.95. The lowest BCUT2D eigenvalue weighted by molar-refractivity contribution is -0.116. The van der Waals surface area contributed by atoms with Crippen LogP contribution in [0.4, 0.5) is 15.2 Å². The van der Waals surface area contributed by atoms with E-state index in [0.717, 1.165) is 39.2 Å². The normalized spacial score (nSPS) is 12.6. The summed E-state index contributed by atoms with van der Waals surface area (Å²) in [5.74, 6) is -0.154. The summed E-state index contributed by atoms with van der Waals surface area (Å²) in [5, 5.41) is 10.8. The first-order valence-electron chi connectivity index (χ1n) is 7.74. The number of rotatable bonds is 8. The average molecular weight is 419 g/mol. The van der Waals surface area contributed by atoms with Crippen molar-refractivity contribution in [2.45, 2.75) is 30.6 Å². The van der Waals surface area contributed by atoms with Gasteiger partial charge in [0.15, 0.2) is 4.34 Å². The Morgan fingerprint density at radius 3 is 2.58 bits per heavy atom. The Balaban J connectivity index is 2.17. The van der Waals surface area contributed by atoms with Crippen LogP contribution >= 0.6 is 23.1 Å². The van der Waals surface area contributed by atoms with E-state index in [1.54, 1.807) is 0 Å². The zero-order valence-corrected chi connectivity index (χ0v) is 16.9. The zero-order valence-electron chi connectivity index (χ0n) is 14.5. The molecule has 0 aliphatic heterocycles. The first kappa shape index (κ1) is 20.6. The average Bonchev–Trinajstić information content (AvgIpc) is 3.01. The molecule has 2 aromatic rings. The number of carbonyl (C=O) groups excluding carboxylic acids is 1. The number of anilines is 2. The molecule has 1 heterocycles.